The summed E-state index contributed by atoms with van der Waals surface area (Å²) in [6.45, 7) is 12.4. The zero-order valence-electron chi connectivity index (χ0n) is 20.8. The lowest BCUT2D eigenvalue weighted by Gasteiger charge is -2.37. The van der Waals surface area contributed by atoms with E-state index in [9.17, 15) is 13.2 Å². The molecule has 2 rings (SSSR count). The summed E-state index contributed by atoms with van der Waals surface area (Å²) in [4.78, 5) is 12.7. The highest BCUT2D eigenvalue weighted by atomic mass is 32.2. The summed E-state index contributed by atoms with van der Waals surface area (Å²) in [6, 6.07) is 11.5. The average Bonchev–Trinajstić information content (AvgIpc) is 2.77. The Balaban J connectivity index is 2.39. The fourth-order valence-corrected chi connectivity index (χ4v) is 4.93. The minimum absolute atomic E-state index is 0.0156. The van der Waals surface area contributed by atoms with E-state index >= 15 is 0 Å². The van der Waals surface area contributed by atoms with Gasteiger partial charge in [0.2, 0.25) is 18.3 Å². The standard InChI is InChI=1S/C25H33NO6SSi/c1-8-9-18-31-19-14-16-20(17-15-19)33(28,29)26-23(24(27)30-5)21-12-10-11-13-22(21)32-34(6,7)25(2,3)4/h10-17,23,26H,18H2,1-7H3. The lowest BCUT2D eigenvalue weighted by molar-refractivity contribution is -0.142. The van der Waals surface area contributed by atoms with Crippen LogP contribution >= 0.6 is 0 Å². The molecule has 9 heteroatoms. The highest BCUT2D eigenvalue weighted by Gasteiger charge is 2.40. The number of carbonyl (C=O) groups is 1. The van der Waals surface area contributed by atoms with Crippen LogP contribution in [0.4, 0.5) is 0 Å². The van der Waals surface area contributed by atoms with Gasteiger partial charge in [-0.2, -0.15) is 4.72 Å². The number of nitrogens with one attached hydrogen (secondary N) is 1. The molecule has 34 heavy (non-hydrogen) atoms. The van der Waals surface area contributed by atoms with Gasteiger partial charge in [0.15, 0.2) is 0 Å². The largest absolute Gasteiger partial charge is 0.543 e. The molecule has 0 saturated carbocycles. The first-order chi connectivity index (χ1) is 15.8. The summed E-state index contributed by atoms with van der Waals surface area (Å²) in [6.07, 6.45) is 0. The Morgan fingerprint density at radius 3 is 2.26 bits per heavy atom. The third-order valence-corrected chi connectivity index (χ3v) is 11.5. The molecule has 0 amide bonds. The Labute approximate surface area is 204 Å². The Morgan fingerprint density at radius 1 is 1.09 bits per heavy atom. The van der Waals surface area contributed by atoms with E-state index in [0.29, 0.717) is 17.1 Å². The lowest BCUT2D eigenvalue weighted by atomic mass is 10.1. The Bertz CT molecular complexity index is 1160. The van der Waals surface area contributed by atoms with E-state index in [4.69, 9.17) is 13.9 Å². The predicted molar refractivity (Wildman–Crippen MR) is 135 cm³/mol. The second-order valence-corrected chi connectivity index (χ2v) is 15.6. The van der Waals surface area contributed by atoms with Gasteiger partial charge < -0.3 is 13.9 Å². The monoisotopic (exact) mass is 503 g/mol. The summed E-state index contributed by atoms with van der Waals surface area (Å²) in [7, 11) is -5.12. The van der Waals surface area contributed by atoms with Crippen LogP contribution in [0.1, 0.15) is 39.3 Å². The second-order valence-electron chi connectivity index (χ2n) is 9.16. The van der Waals surface area contributed by atoms with Gasteiger partial charge in [-0.25, -0.2) is 13.2 Å². The predicted octanol–water partition coefficient (Wildman–Crippen LogP) is 4.67. The molecule has 7 nitrogen and oxygen atoms in total. The van der Waals surface area contributed by atoms with Crippen LogP contribution < -0.4 is 13.9 Å². The van der Waals surface area contributed by atoms with Gasteiger partial charge in [-0.15, -0.1) is 5.92 Å². The SMILES string of the molecule is CC#CCOc1ccc(S(=O)(=O)NC(C(=O)OC)c2ccccc2O[Si](C)(C)C(C)(C)C)cc1. The molecular weight excluding hydrogens is 470 g/mol. The normalized spacial score (nSPS) is 12.8. The van der Waals surface area contributed by atoms with Gasteiger partial charge in [0.05, 0.1) is 12.0 Å². The first-order valence-corrected chi connectivity index (χ1v) is 15.2. The first kappa shape index (κ1) is 27.4. The summed E-state index contributed by atoms with van der Waals surface area (Å²) in [5.74, 6) is 5.69. The zero-order valence-corrected chi connectivity index (χ0v) is 22.6. The van der Waals surface area contributed by atoms with Crippen LogP contribution in [0, 0.1) is 11.8 Å². The summed E-state index contributed by atoms with van der Waals surface area (Å²) >= 11 is 0. The third kappa shape index (κ3) is 6.85. The number of esters is 1. The lowest BCUT2D eigenvalue weighted by Crippen LogP contribution is -2.44. The first-order valence-electron chi connectivity index (χ1n) is 10.8. The maximum atomic E-state index is 13.1. The van der Waals surface area contributed by atoms with Crippen LogP contribution in [-0.2, 0) is 19.6 Å². The number of rotatable bonds is 9. The van der Waals surface area contributed by atoms with Crippen LogP contribution in [0.15, 0.2) is 53.4 Å². The van der Waals surface area contributed by atoms with Crippen molar-refractivity contribution < 1.29 is 27.1 Å². The molecule has 0 heterocycles. The summed E-state index contributed by atoms with van der Waals surface area (Å²) in [5, 5.41) is -0.0904. The number of benzene rings is 2. The van der Waals surface area contributed by atoms with Gasteiger partial charge in [-0.1, -0.05) is 44.9 Å². The summed E-state index contributed by atoms with van der Waals surface area (Å²) in [5.41, 5.74) is 0.390. The third-order valence-electron chi connectivity index (χ3n) is 5.73. The fourth-order valence-electron chi connectivity index (χ4n) is 2.73. The molecular formula is C25H33NO6SSi. The smallest absolute Gasteiger partial charge is 0.328 e. The maximum absolute atomic E-state index is 13.1. The van der Waals surface area contributed by atoms with Gasteiger partial charge in [-0.05, 0) is 55.4 Å². The van der Waals surface area contributed by atoms with Crippen molar-refractivity contribution in [3.63, 3.8) is 0 Å². The van der Waals surface area contributed by atoms with Crippen LogP contribution in [0.25, 0.3) is 0 Å². The highest BCUT2D eigenvalue weighted by molar-refractivity contribution is 7.89. The molecule has 0 aromatic heterocycles. The molecule has 1 unspecified atom stereocenters. The van der Waals surface area contributed by atoms with Crippen LogP contribution in [0.2, 0.25) is 18.1 Å². The molecule has 0 fully saturated rings. The Morgan fingerprint density at radius 2 is 1.71 bits per heavy atom. The molecule has 0 spiro atoms. The van der Waals surface area contributed by atoms with Crippen molar-refractivity contribution in [3.05, 3.63) is 54.1 Å². The number of para-hydroxylation sites is 1. The van der Waals surface area contributed by atoms with E-state index in [1.165, 1.54) is 31.4 Å². The minimum Gasteiger partial charge on any atom is -0.543 e. The Hall–Kier alpha value is -2.80. The quantitative estimate of drug-likeness (QED) is 0.304. The van der Waals surface area contributed by atoms with Crippen molar-refractivity contribution >= 4 is 24.3 Å². The molecule has 0 radical (unpaired) electrons. The molecule has 0 aliphatic rings. The van der Waals surface area contributed by atoms with Crippen molar-refractivity contribution in [2.24, 2.45) is 0 Å². The topological polar surface area (TPSA) is 90.9 Å². The molecule has 2 aromatic carbocycles. The van der Waals surface area contributed by atoms with E-state index in [-0.39, 0.29) is 16.5 Å². The molecule has 0 bridgehead atoms. The average molecular weight is 504 g/mol. The summed E-state index contributed by atoms with van der Waals surface area (Å²) < 4.78 is 45.6. The number of ether oxygens (including phenoxy) is 2. The zero-order chi connectivity index (χ0) is 25.6. The van der Waals surface area contributed by atoms with Gasteiger partial charge in [-0.3, -0.25) is 0 Å². The van der Waals surface area contributed by atoms with Crippen molar-refractivity contribution in [2.75, 3.05) is 13.7 Å². The molecule has 0 aliphatic heterocycles. The van der Waals surface area contributed by atoms with Crippen LogP contribution in [-0.4, -0.2) is 36.4 Å². The van der Waals surface area contributed by atoms with E-state index in [2.05, 4.69) is 50.4 Å². The molecule has 2 aromatic rings. The molecule has 0 saturated heterocycles. The second kappa shape index (κ2) is 11.1. The number of sulfonamides is 1. The van der Waals surface area contributed by atoms with Crippen LogP contribution in [0.5, 0.6) is 11.5 Å². The molecule has 184 valence electrons. The number of hydrogen-bond acceptors (Lipinski definition) is 6. The van der Waals surface area contributed by atoms with E-state index in [0.717, 1.165) is 0 Å². The molecule has 1 N–H and O–H groups in total. The van der Waals surface area contributed by atoms with Gasteiger partial charge >= 0.3 is 5.97 Å². The van der Waals surface area contributed by atoms with Crippen molar-refractivity contribution in [3.8, 4) is 23.3 Å². The fraction of sp³-hybridized carbons (Fsp3) is 0.400. The van der Waals surface area contributed by atoms with Crippen molar-refractivity contribution in [1.29, 1.82) is 0 Å². The van der Waals surface area contributed by atoms with Gasteiger partial charge in [0, 0.05) is 5.56 Å². The maximum Gasteiger partial charge on any atom is 0.328 e. The van der Waals surface area contributed by atoms with E-state index in [1.807, 2.05) is 0 Å². The number of carbonyl (C=O) groups excluding carboxylic acids is 1. The molecule has 0 aliphatic carbocycles. The van der Waals surface area contributed by atoms with Crippen molar-refractivity contribution in [2.45, 2.75) is 56.8 Å². The van der Waals surface area contributed by atoms with Crippen LogP contribution in [0.3, 0.4) is 0 Å². The number of methoxy groups -OCH3 is 1. The number of hydrogen-bond donors (Lipinski definition) is 1. The Kier molecular flexibility index (Phi) is 8.94. The van der Waals surface area contributed by atoms with Gasteiger partial charge in [0.25, 0.3) is 0 Å². The molecule has 1 atom stereocenters. The van der Waals surface area contributed by atoms with E-state index < -0.39 is 30.4 Å². The van der Waals surface area contributed by atoms with E-state index in [1.54, 1.807) is 31.2 Å². The minimum atomic E-state index is -4.07. The van der Waals surface area contributed by atoms with Crippen molar-refractivity contribution in [1.82, 2.24) is 4.72 Å². The van der Waals surface area contributed by atoms with Gasteiger partial charge in [0.1, 0.15) is 24.1 Å². The highest BCUT2D eigenvalue weighted by Crippen LogP contribution is 2.39.